The number of methoxy groups -OCH3 is 1. The van der Waals surface area contributed by atoms with Crippen LogP contribution in [0.3, 0.4) is 0 Å². The number of aromatic nitrogens is 4. The molecule has 0 saturated heterocycles. The molecule has 7 nitrogen and oxygen atoms in total. The van der Waals surface area contributed by atoms with Crippen LogP contribution in [-0.4, -0.2) is 48.4 Å². The molecule has 3 heterocycles. The predicted molar refractivity (Wildman–Crippen MR) is 92.1 cm³/mol. The van der Waals surface area contributed by atoms with Gasteiger partial charge in [-0.25, -0.2) is 9.97 Å². The lowest BCUT2D eigenvalue weighted by Crippen LogP contribution is -2.27. The van der Waals surface area contributed by atoms with Gasteiger partial charge in [-0.2, -0.15) is 0 Å². The molecule has 0 radical (unpaired) electrons. The number of fused-ring (bicyclic) bond motifs is 1. The molecule has 0 bridgehead atoms. The molecule has 122 valence electrons. The molecule has 0 fully saturated rings. The quantitative estimate of drug-likeness (QED) is 0.616. The van der Waals surface area contributed by atoms with Crippen LogP contribution in [0.1, 0.15) is 5.69 Å². The predicted octanol–water partition coefficient (Wildman–Crippen LogP) is 2.10. The summed E-state index contributed by atoms with van der Waals surface area (Å²) in [6.45, 7) is 0.442. The highest BCUT2D eigenvalue weighted by atomic mass is 79.9. The van der Waals surface area contributed by atoms with Gasteiger partial charge in [0.15, 0.2) is 11.5 Å². The van der Waals surface area contributed by atoms with Crippen molar-refractivity contribution in [2.24, 2.45) is 0 Å². The highest BCUT2D eigenvalue weighted by Gasteiger charge is 2.17. The molecule has 0 aliphatic rings. The van der Waals surface area contributed by atoms with E-state index in [1.165, 1.54) is 0 Å². The fourth-order valence-electron chi connectivity index (χ4n) is 2.24. The maximum atomic E-state index is 12.1. The van der Waals surface area contributed by atoms with E-state index in [0.29, 0.717) is 12.3 Å². The van der Waals surface area contributed by atoms with Crippen LogP contribution in [0.15, 0.2) is 35.5 Å². The van der Waals surface area contributed by atoms with Gasteiger partial charge in [-0.15, -0.1) is 8.28 Å². The second kappa shape index (κ2) is 6.62. The topological polar surface area (TPSA) is 70.7 Å². The summed E-state index contributed by atoms with van der Waals surface area (Å²) >= 11 is 2.21. The van der Waals surface area contributed by atoms with Gasteiger partial charge >= 0.3 is 0 Å². The Kier molecular flexibility index (Phi) is 4.74. The third kappa shape index (κ3) is 3.29. The minimum Gasteiger partial charge on any atom is -0.573 e. The van der Waals surface area contributed by atoms with Crippen molar-refractivity contribution in [3.63, 3.8) is 0 Å². The number of imidazole rings is 2. The maximum Gasteiger partial charge on any atom is 0.173 e. The lowest BCUT2D eigenvalue weighted by atomic mass is 10.2. The first-order valence-corrected chi connectivity index (χ1v) is 8.65. The minimum atomic E-state index is -1.30. The molecular formula is C14H16BrN5O2S. The van der Waals surface area contributed by atoms with Crippen LogP contribution >= 0.6 is 15.9 Å². The standard InChI is InChI=1S/C14H16BrN5O2S/c1-18(2)23(21)20-7-13(16-9-20)12-4-10(15)5-19-6-11(8-22-3)17-14(12)19/h4-7,9H,8H2,1-3H3. The summed E-state index contributed by atoms with van der Waals surface area (Å²) in [5.41, 5.74) is 3.18. The van der Waals surface area contributed by atoms with E-state index in [2.05, 4.69) is 25.9 Å². The van der Waals surface area contributed by atoms with Crippen molar-refractivity contribution in [1.82, 2.24) is 22.6 Å². The van der Waals surface area contributed by atoms with Crippen molar-refractivity contribution in [2.45, 2.75) is 6.61 Å². The fraction of sp³-hybridized carbons (Fsp3) is 0.286. The van der Waals surface area contributed by atoms with Crippen molar-refractivity contribution < 1.29 is 9.29 Å². The Labute approximate surface area is 145 Å². The molecule has 0 N–H and O–H groups in total. The van der Waals surface area contributed by atoms with Gasteiger partial charge in [0.05, 0.1) is 24.2 Å². The monoisotopic (exact) mass is 397 g/mol. The summed E-state index contributed by atoms with van der Waals surface area (Å²) < 4.78 is 23.3. The molecule has 0 spiro atoms. The van der Waals surface area contributed by atoms with Gasteiger partial charge in [0, 0.05) is 43.6 Å². The lowest BCUT2D eigenvalue weighted by Gasteiger charge is -2.13. The first-order chi connectivity index (χ1) is 11.0. The van der Waals surface area contributed by atoms with Gasteiger partial charge < -0.3 is 13.7 Å². The zero-order chi connectivity index (χ0) is 16.6. The van der Waals surface area contributed by atoms with E-state index in [1.54, 1.807) is 42.0 Å². The van der Waals surface area contributed by atoms with Crippen molar-refractivity contribution in [3.05, 3.63) is 41.2 Å². The second-order valence-corrected chi connectivity index (χ2v) is 7.66. The molecule has 3 aromatic rings. The van der Waals surface area contributed by atoms with Crippen LogP contribution in [0.4, 0.5) is 0 Å². The number of pyridine rings is 1. The molecule has 0 saturated carbocycles. The molecule has 0 aliphatic heterocycles. The van der Waals surface area contributed by atoms with Crippen molar-refractivity contribution >= 4 is 33.1 Å². The molecule has 3 rings (SSSR count). The number of nitrogens with zero attached hydrogens (tertiary/aromatic N) is 5. The largest absolute Gasteiger partial charge is 0.573 e. The van der Waals surface area contributed by atoms with Crippen LogP contribution in [-0.2, 0) is 22.9 Å². The Balaban J connectivity index is 2.08. The Morgan fingerprint density at radius 1 is 1.35 bits per heavy atom. The third-order valence-electron chi connectivity index (χ3n) is 3.19. The van der Waals surface area contributed by atoms with E-state index in [0.717, 1.165) is 21.4 Å². The molecule has 3 aromatic heterocycles. The van der Waals surface area contributed by atoms with Crippen LogP contribution in [0, 0.1) is 0 Å². The Morgan fingerprint density at radius 2 is 2.13 bits per heavy atom. The Morgan fingerprint density at radius 3 is 2.83 bits per heavy atom. The van der Waals surface area contributed by atoms with E-state index >= 15 is 0 Å². The van der Waals surface area contributed by atoms with Gasteiger partial charge in [-0.1, -0.05) is 0 Å². The lowest BCUT2D eigenvalue weighted by molar-refractivity contribution is 0.182. The molecule has 0 aromatic carbocycles. The molecular weight excluding hydrogens is 382 g/mol. The highest BCUT2D eigenvalue weighted by molar-refractivity contribution is 9.10. The first kappa shape index (κ1) is 16.5. The molecule has 1 unspecified atom stereocenters. The zero-order valence-corrected chi connectivity index (χ0v) is 15.3. The molecule has 9 heteroatoms. The van der Waals surface area contributed by atoms with E-state index in [1.807, 2.05) is 22.9 Å². The minimum absolute atomic E-state index is 0.442. The first-order valence-electron chi connectivity index (χ1n) is 6.79. The molecule has 1 atom stereocenters. The van der Waals surface area contributed by atoms with Crippen LogP contribution in [0.2, 0.25) is 0 Å². The highest BCUT2D eigenvalue weighted by Crippen LogP contribution is 2.27. The van der Waals surface area contributed by atoms with Crippen LogP contribution < -0.4 is 0 Å². The number of ether oxygens (including phenoxy) is 1. The van der Waals surface area contributed by atoms with Crippen molar-refractivity contribution in [2.75, 3.05) is 21.2 Å². The Bertz CT molecular complexity index is 832. The number of hydrogen-bond acceptors (Lipinski definition) is 5. The maximum absolute atomic E-state index is 12.1. The average Bonchev–Trinajstić information content (AvgIpc) is 3.12. The fourth-order valence-corrected chi connectivity index (χ4v) is 3.38. The van der Waals surface area contributed by atoms with Crippen molar-refractivity contribution in [1.29, 1.82) is 0 Å². The van der Waals surface area contributed by atoms with Gasteiger partial charge in [-0.3, -0.25) is 0 Å². The molecule has 0 aliphatic carbocycles. The second-order valence-electron chi connectivity index (χ2n) is 5.13. The summed E-state index contributed by atoms with van der Waals surface area (Å²) in [6, 6.07) is 1.95. The summed E-state index contributed by atoms with van der Waals surface area (Å²) in [6.07, 6.45) is 7.16. The summed E-state index contributed by atoms with van der Waals surface area (Å²) in [5.74, 6) is 0. The molecule has 0 amide bonds. The van der Waals surface area contributed by atoms with E-state index < -0.39 is 11.5 Å². The summed E-state index contributed by atoms with van der Waals surface area (Å²) in [4.78, 5) is 8.96. The van der Waals surface area contributed by atoms with Gasteiger partial charge in [0.2, 0.25) is 0 Å². The third-order valence-corrected chi connectivity index (χ3v) is 4.81. The number of rotatable bonds is 5. The zero-order valence-electron chi connectivity index (χ0n) is 12.9. The van der Waals surface area contributed by atoms with E-state index in [-0.39, 0.29) is 0 Å². The van der Waals surface area contributed by atoms with Gasteiger partial charge in [0.25, 0.3) is 0 Å². The summed E-state index contributed by atoms with van der Waals surface area (Å²) in [5, 5.41) is 0. The number of hydrogen-bond donors (Lipinski definition) is 0. The van der Waals surface area contributed by atoms with Crippen LogP contribution in [0.25, 0.3) is 16.9 Å². The SMILES string of the molecule is COCc1cn2cc(Br)cc(-c3cn([S+]([O-])N(C)C)cn3)c2n1. The van der Waals surface area contributed by atoms with Gasteiger partial charge in [-0.05, 0) is 22.0 Å². The van der Waals surface area contributed by atoms with Crippen molar-refractivity contribution in [3.8, 4) is 11.3 Å². The van der Waals surface area contributed by atoms with Crippen LogP contribution in [0.5, 0.6) is 0 Å². The normalized spacial score (nSPS) is 13.1. The Hall–Kier alpha value is -1.39. The number of halogens is 1. The van der Waals surface area contributed by atoms with E-state index in [4.69, 9.17) is 4.74 Å². The average molecular weight is 398 g/mol. The summed E-state index contributed by atoms with van der Waals surface area (Å²) in [7, 11) is 5.14. The smallest absolute Gasteiger partial charge is 0.173 e. The van der Waals surface area contributed by atoms with E-state index in [9.17, 15) is 4.55 Å². The molecule has 23 heavy (non-hydrogen) atoms. The van der Waals surface area contributed by atoms with Gasteiger partial charge in [0.1, 0.15) is 12.0 Å².